The van der Waals surface area contributed by atoms with Crippen molar-refractivity contribution < 1.29 is 0 Å². The van der Waals surface area contributed by atoms with Crippen molar-refractivity contribution in [2.45, 2.75) is 41.0 Å². The molecular weight excluding hydrogens is 194 g/mol. The van der Waals surface area contributed by atoms with Gasteiger partial charge in [-0.05, 0) is 37.3 Å². The predicted octanol–water partition coefficient (Wildman–Crippen LogP) is 4.34. The quantitative estimate of drug-likeness (QED) is 0.684. The van der Waals surface area contributed by atoms with Gasteiger partial charge in [0.2, 0.25) is 0 Å². The molecule has 0 amide bonds. The van der Waals surface area contributed by atoms with Gasteiger partial charge in [0, 0.05) is 11.3 Å². The van der Waals surface area contributed by atoms with E-state index in [-0.39, 0.29) is 0 Å². The molecule has 0 fully saturated rings. The number of nitrogens with two attached hydrogens (primary N) is 1. The first-order chi connectivity index (χ1) is 7.45. The normalized spacial score (nSPS) is 14.5. The third-order valence-corrected chi connectivity index (χ3v) is 2.47. The van der Waals surface area contributed by atoms with Gasteiger partial charge < -0.3 is 5.73 Å². The first-order valence-electron chi connectivity index (χ1n) is 5.94. The predicted molar refractivity (Wildman–Crippen MR) is 74.1 cm³/mol. The van der Waals surface area contributed by atoms with Crippen LogP contribution in [0, 0.1) is 5.92 Å². The van der Waals surface area contributed by atoms with E-state index in [0.717, 1.165) is 12.0 Å². The molecule has 0 spiro atoms. The lowest BCUT2D eigenvalue weighted by Gasteiger charge is -2.18. The van der Waals surface area contributed by atoms with Crippen molar-refractivity contribution in [2.24, 2.45) is 11.7 Å². The molecule has 0 aliphatic carbocycles. The molecule has 0 aromatic heterocycles. The molecule has 1 heteroatoms. The molecule has 0 aliphatic rings. The van der Waals surface area contributed by atoms with Crippen LogP contribution in [-0.4, -0.2) is 0 Å². The molecule has 0 unspecified atom stereocenters. The summed E-state index contributed by atoms with van der Waals surface area (Å²) < 4.78 is 0. The number of hydrogen-bond acceptors (Lipinski definition) is 1. The van der Waals surface area contributed by atoms with Crippen LogP contribution in [0.25, 0.3) is 0 Å². The maximum absolute atomic E-state index is 5.91. The molecule has 1 nitrogen and oxygen atoms in total. The Morgan fingerprint density at radius 3 is 2.25 bits per heavy atom. The average molecular weight is 219 g/mol. The molecule has 90 valence electrons. The highest BCUT2D eigenvalue weighted by Crippen LogP contribution is 2.27. The van der Waals surface area contributed by atoms with Crippen LogP contribution in [0.5, 0.6) is 0 Å². The van der Waals surface area contributed by atoms with Crippen LogP contribution in [0.1, 0.15) is 41.0 Å². The lowest BCUT2D eigenvalue weighted by atomic mass is 9.89. The lowest BCUT2D eigenvalue weighted by Crippen LogP contribution is -2.08. The fourth-order valence-electron chi connectivity index (χ4n) is 1.85. The molecule has 0 heterocycles. The van der Waals surface area contributed by atoms with E-state index in [1.54, 1.807) is 0 Å². The maximum atomic E-state index is 5.91. The molecule has 0 rings (SSSR count). The molecule has 2 N–H and O–H groups in total. The van der Waals surface area contributed by atoms with Gasteiger partial charge in [-0.2, -0.15) is 0 Å². The standard InChI is InChI=1S/C15H25N/c1-7-9-12(5)15(13(6)16)14(10-8-2)11(3)4/h7,9-11H,6,8,16H2,1-5H3/b9-7-,14-10-,15-12+. The van der Waals surface area contributed by atoms with Crippen molar-refractivity contribution in [3.8, 4) is 0 Å². The minimum absolute atomic E-state index is 0.468. The molecule has 16 heavy (non-hydrogen) atoms. The zero-order valence-corrected chi connectivity index (χ0v) is 11.3. The van der Waals surface area contributed by atoms with Gasteiger partial charge in [-0.1, -0.05) is 45.6 Å². The van der Waals surface area contributed by atoms with Gasteiger partial charge >= 0.3 is 0 Å². The molecule has 0 saturated carbocycles. The molecular formula is C15H25N. The van der Waals surface area contributed by atoms with Crippen LogP contribution in [-0.2, 0) is 0 Å². The second-order valence-corrected chi connectivity index (χ2v) is 4.31. The minimum Gasteiger partial charge on any atom is -0.399 e. The van der Waals surface area contributed by atoms with E-state index in [9.17, 15) is 0 Å². The van der Waals surface area contributed by atoms with E-state index in [1.807, 2.05) is 13.0 Å². The SMILES string of the molecule is C=C(N)C(/C(=C\CC)C(C)C)=C(C)\C=C/C. The van der Waals surface area contributed by atoms with Crippen molar-refractivity contribution in [3.63, 3.8) is 0 Å². The van der Waals surface area contributed by atoms with Crippen molar-refractivity contribution in [3.05, 3.63) is 47.2 Å². The summed E-state index contributed by atoms with van der Waals surface area (Å²) in [6, 6.07) is 0. The van der Waals surface area contributed by atoms with E-state index in [2.05, 4.69) is 46.4 Å². The van der Waals surface area contributed by atoms with Gasteiger partial charge in [0.1, 0.15) is 0 Å². The minimum atomic E-state index is 0.468. The molecule has 0 aromatic rings. The summed E-state index contributed by atoms with van der Waals surface area (Å²) in [5.41, 5.74) is 10.2. The summed E-state index contributed by atoms with van der Waals surface area (Å²) in [7, 11) is 0. The Morgan fingerprint density at radius 2 is 1.94 bits per heavy atom. The Morgan fingerprint density at radius 1 is 1.38 bits per heavy atom. The summed E-state index contributed by atoms with van der Waals surface area (Å²) in [4.78, 5) is 0. The highest BCUT2D eigenvalue weighted by molar-refractivity contribution is 5.50. The monoisotopic (exact) mass is 219 g/mol. The smallest absolute Gasteiger partial charge is 0.0320 e. The highest BCUT2D eigenvalue weighted by atomic mass is 14.6. The van der Waals surface area contributed by atoms with Crippen LogP contribution in [0.4, 0.5) is 0 Å². The molecule has 0 saturated heterocycles. The van der Waals surface area contributed by atoms with E-state index >= 15 is 0 Å². The average Bonchev–Trinajstić information content (AvgIpc) is 2.16. The first kappa shape index (κ1) is 14.8. The lowest BCUT2D eigenvalue weighted by molar-refractivity contribution is 0.770. The number of hydrogen-bond donors (Lipinski definition) is 1. The summed E-state index contributed by atoms with van der Waals surface area (Å²) in [5.74, 6) is 0.468. The number of rotatable bonds is 5. The van der Waals surface area contributed by atoms with Gasteiger partial charge in [-0.25, -0.2) is 0 Å². The summed E-state index contributed by atoms with van der Waals surface area (Å²) in [6.07, 6.45) is 7.37. The Hall–Kier alpha value is -1.24. The zero-order valence-electron chi connectivity index (χ0n) is 11.3. The van der Waals surface area contributed by atoms with E-state index < -0.39 is 0 Å². The van der Waals surface area contributed by atoms with E-state index in [1.165, 1.54) is 11.1 Å². The summed E-state index contributed by atoms with van der Waals surface area (Å²) in [6.45, 7) is 14.5. The van der Waals surface area contributed by atoms with Gasteiger partial charge in [0.05, 0.1) is 0 Å². The van der Waals surface area contributed by atoms with Gasteiger partial charge in [-0.3, -0.25) is 0 Å². The van der Waals surface area contributed by atoms with Crippen molar-refractivity contribution in [2.75, 3.05) is 0 Å². The molecule has 0 radical (unpaired) electrons. The fourth-order valence-corrected chi connectivity index (χ4v) is 1.85. The van der Waals surface area contributed by atoms with Crippen molar-refractivity contribution in [1.82, 2.24) is 0 Å². The fraction of sp³-hybridized carbons (Fsp3) is 0.467. The Labute approximate surface area is 100 Å². The number of allylic oxidation sites excluding steroid dienone is 5. The topological polar surface area (TPSA) is 26.0 Å². The Bertz CT molecular complexity index is 327. The zero-order chi connectivity index (χ0) is 12.7. The third kappa shape index (κ3) is 4.09. The van der Waals surface area contributed by atoms with Crippen LogP contribution >= 0.6 is 0 Å². The van der Waals surface area contributed by atoms with Crippen LogP contribution in [0.3, 0.4) is 0 Å². The molecule has 0 aromatic carbocycles. The van der Waals surface area contributed by atoms with Crippen LogP contribution in [0.2, 0.25) is 0 Å². The van der Waals surface area contributed by atoms with Crippen LogP contribution < -0.4 is 5.73 Å². The van der Waals surface area contributed by atoms with Crippen LogP contribution in [0.15, 0.2) is 47.2 Å². The van der Waals surface area contributed by atoms with Crippen molar-refractivity contribution >= 4 is 0 Å². The van der Waals surface area contributed by atoms with Crippen molar-refractivity contribution in [1.29, 1.82) is 0 Å². The Kier molecular flexibility index (Phi) is 6.55. The van der Waals surface area contributed by atoms with Gasteiger partial charge in [0.25, 0.3) is 0 Å². The second-order valence-electron chi connectivity index (χ2n) is 4.31. The second kappa shape index (κ2) is 7.10. The molecule has 0 bridgehead atoms. The third-order valence-electron chi connectivity index (χ3n) is 2.47. The van der Waals surface area contributed by atoms with Gasteiger partial charge in [0.15, 0.2) is 0 Å². The summed E-state index contributed by atoms with van der Waals surface area (Å²) >= 11 is 0. The first-order valence-corrected chi connectivity index (χ1v) is 5.94. The largest absolute Gasteiger partial charge is 0.399 e. The Balaban J connectivity index is 5.60. The molecule has 0 aliphatic heterocycles. The van der Waals surface area contributed by atoms with E-state index in [4.69, 9.17) is 5.73 Å². The van der Waals surface area contributed by atoms with Gasteiger partial charge in [-0.15, -0.1) is 0 Å². The highest BCUT2D eigenvalue weighted by Gasteiger charge is 2.12. The maximum Gasteiger partial charge on any atom is 0.0320 e. The van der Waals surface area contributed by atoms with E-state index in [0.29, 0.717) is 11.6 Å². The molecule has 0 atom stereocenters. The summed E-state index contributed by atoms with van der Waals surface area (Å²) in [5, 5.41) is 0.